The molecule has 0 spiro atoms. The second-order valence-corrected chi connectivity index (χ2v) is 6.23. The number of carbonyl (C=O) groups excluding carboxylic acids is 1. The largest absolute Gasteiger partial charge is 0.481 e. The second kappa shape index (κ2) is 5.51. The number of amides is 1. The molecule has 0 bridgehead atoms. The summed E-state index contributed by atoms with van der Waals surface area (Å²) in [5, 5.41) is 9.19. The number of benzene rings is 1. The molecule has 2 aliphatic rings. The van der Waals surface area contributed by atoms with Gasteiger partial charge in [-0.3, -0.25) is 9.59 Å². The highest BCUT2D eigenvalue weighted by molar-refractivity contribution is 5.89. The molecule has 1 aromatic rings. The molecule has 1 aliphatic carbocycles. The fourth-order valence-corrected chi connectivity index (χ4v) is 3.58. The molecule has 0 radical (unpaired) electrons. The zero-order chi connectivity index (χ0) is 14.9. The molecule has 0 unspecified atom stereocenters. The molecule has 21 heavy (non-hydrogen) atoms. The smallest absolute Gasteiger partial charge is 0.308 e. The normalized spacial score (nSPS) is 24.2. The number of carboxylic acid groups (broad SMARTS) is 1. The summed E-state index contributed by atoms with van der Waals surface area (Å²) in [5.74, 6) is -1.06. The molecule has 1 amide bonds. The Morgan fingerprint density at radius 1 is 1.14 bits per heavy atom. The fourth-order valence-electron chi connectivity index (χ4n) is 3.58. The molecule has 4 nitrogen and oxygen atoms in total. The van der Waals surface area contributed by atoms with Gasteiger partial charge in [-0.2, -0.15) is 0 Å². The molecule has 4 heteroatoms. The first-order valence-electron chi connectivity index (χ1n) is 7.71. The molecule has 1 aliphatic heterocycles. The van der Waals surface area contributed by atoms with Gasteiger partial charge >= 0.3 is 5.97 Å². The van der Waals surface area contributed by atoms with Gasteiger partial charge in [-0.25, -0.2) is 0 Å². The molecule has 1 aromatic carbocycles. The zero-order valence-corrected chi connectivity index (χ0v) is 12.1. The Balaban J connectivity index is 1.81. The van der Waals surface area contributed by atoms with E-state index in [0.29, 0.717) is 19.5 Å². The second-order valence-electron chi connectivity index (χ2n) is 6.23. The van der Waals surface area contributed by atoms with Gasteiger partial charge in [0.15, 0.2) is 0 Å². The first-order valence-corrected chi connectivity index (χ1v) is 7.71. The van der Waals surface area contributed by atoms with E-state index in [-0.39, 0.29) is 5.91 Å². The summed E-state index contributed by atoms with van der Waals surface area (Å²) in [5.41, 5.74) is 0.681. The highest BCUT2D eigenvalue weighted by Gasteiger charge is 2.48. The van der Waals surface area contributed by atoms with E-state index in [2.05, 4.69) is 0 Å². The third-order valence-electron chi connectivity index (χ3n) is 5.00. The lowest BCUT2D eigenvalue weighted by Crippen LogP contribution is -2.54. The predicted octanol–water partition coefficient (Wildman–Crippen LogP) is 2.43. The van der Waals surface area contributed by atoms with Gasteiger partial charge in [0.1, 0.15) is 0 Å². The van der Waals surface area contributed by atoms with Crippen molar-refractivity contribution in [2.24, 2.45) is 5.92 Å². The van der Waals surface area contributed by atoms with Gasteiger partial charge in [-0.15, -0.1) is 0 Å². The van der Waals surface area contributed by atoms with Crippen LogP contribution in [0.2, 0.25) is 0 Å². The minimum atomic E-state index is -0.783. The number of aliphatic carboxylic acids is 1. The van der Waals surface area contributed by atoms with E-state index in [9.17, 15) is 14.7 Å². The predicted molar refractivity (Wildman–Crippen MR) is 78.9 cm³/mol. The Labute approximate surface area is 124 Å². The molecular formula is C17H21NO3. The van der Waals surface area contributed by atoms with Crippen LogP contribution in [0.25, 0.3) is 0 Å². The standard InChI is InChI=1S/C17H21NO3/c19-15(20)13-6-4-11-18(12-13)16(21)17(9-5-10-17)14-7-2-1-3-8-14/h1-3,7-8,13H,4-6,9-12H2,(H,19,20)/t13-/m0/s1. The lowest BCUT2D eigenvalue weighted by molar-refractivity contribution is -0.149. The SMILES string of the molecule is O=C(O)[C@H]1CCCN(C(=O)C2(c3ccccc3)CCC2)C1. The number of carboxylic acids is 1. The maximum Gasteiger partial charge on any atom is 0.308 e. The van der Waals surface area contributed by atoms with Crippen molar-refractivity contribution in [1.82, 2.24) is 4.90 Å². The van der Waals surface area contributed by atoms with Gasteiger partial charge in [0.05, 0.1) is 11.3 Å². The van der Waals surface area contributed by atoms with Crippen molar-refractivity contribution in [2.75, 3.05) is 13.1 Å². The van der Waals surface area contributed by atoms with Crippen LogP contribution in [0.3, 0.4) is 0 Å². The third kappa shape index (κ3) is 2.43. The lowest BCUT2D eigenvalue weighted by Gasteiger charge is -2.45. The average Bonchev–Trinajstić information content (AvgIpc) is 2.47. The molecule has 1 N–H and O–H groups in total. The number of hydrogen-bond donors (Lipinski definition) is 1. The quantitative estimate of drug-likeness (QED) is 0.929. The molecule has 1 saturated heterocycles. The summed E-state index contributed by atoms with van der Waals surface area (Å²) in [6.45, 7) is 1.06. The van der Waals surface area contributed by atoms with E-state index < -0.39 is 17.3 Å². The van der Waals surface area contributed by atoms with Crippen molar-refractivity contribution in [3.05, 3.63) is 35.9 Å². The van der Waals surface area contributed by atoms with Crippen LogP contribution in [0, 0.1) is 5.92 Å². The average molecular weight is 287 g/mol. The summed E-state index contributed by atoms with van der Waals surface area (Å²) in [6, 6.07) is 9.95. The van der Waals surface area contributed by atoms with E-state index >= 15 is 0 Å². The summed E-state index contributed by atoms with van der Waals surface area (Å²) in [6.07, 6.45) is 4.29. The number of piperidine rings is 1. The molecule has 112 valence electrons. The fraction of sp³-hybridized carbons (Fsp3) is 0.529. The van der Waals surface area contributed by atoms with Crippen LogP contribution in [0.5, 0.6) is 0 Å². The van der Waals surface area contributed by atoms with Crippen molar-refractivity contribution in [2.45, 2.75) is 37.5 Å². The zero-order valence-electron chi connectivity index (χ0n) is 12.1. The Bertz CT molecular complexity index is 536. The summed E-state index contributed by atoms with van der Waals surface area (Å²) in [4.78, 5) is 26.0. The molecule has 0 aromatic heterocycles. The number of carbonyl (C=O) groups is 2. The van der Waals surface area contributed by atoms with Crippen LogP contribution in [0.1, 0.15) is 37.7 Å². The van der Waals surface area contributed by atoms with Gasteiger partial charge in [0, 0.05) is 13.1 Å². The van der Waals surface area contributed by atoms with Crippen molar-refractivity contribution >= 4 is 11.9 Å². The molecule has 2 fully saturated rings. The molecule has 3 rings (SSSR count). The van der Waals surface area contributed by atoms with Crippen LogP contribution in [-0.2, 0) is 15.0 Å². The molecular weight excluding hydrogens is 266 g/mol. The van der Waals surface area contributed by atoms with Crippen molar-refractivity contribution in [3.63, 3.8) is 0 Å². The van der Waals surface area contributed by atoms with Gasteiger partial charge < -0.3 is 10.0 Å². The van der Waals surface area contributed by atoms with Gasteiger partial charge in [0.2, 0.25) is 5.91 Å². The van der Waals surface area contributed by atoms with E-state index in [1.54, 1.807) is 4.90 Å². The minimum Gasteiger partial charge on any atom is -0.481 e. The van der Waals surface area contributed by atoms with Crippen LogP contribution in [0.4, 0.5) is 0 Å². The lowest BCUT2D eigenvalue weighted by atomic mass is 9.63. The topological polar surface area (TPSA) is 57.6 Å². The number of nitrogens with zero attached hydrogens (tertiary/aromatic N) is 1. The maximum atomic E-state index is 13.0. The monoisotopic (exact) mass is 287 g/mol. The summed E-state index contributed by atoms with van der Waals surface area (Å²) in [7, 11) is 0. The van der Waals surface area contributed by atoms with Gasteiger partial charge in [0.25, 0.3) is 0 Å². The molecule has 1 atom stereocenters. The maximum absolute atomic E-state index is 13.0. The number of rotatable bonds is 3. The van der Waals surface area contributed by atoms with E-state index in [0.717, 1.165) is 31.2 Å². The van der Waals surface area contributed by atoms with E-state index in [1.807, 2.05) is 30.3 Å². The highest BCUT2D eigenvalue weighted by atomic mass is 16.4. The highest BCUT2D eigenvalue weighted by Crippen LogP contribution is 2.45. The number of hydrogen-bond acceptors (Lipinski definition) is 2. The van der Waals surface area contributed by atoms with Crippen molar-refractivity contribution in [3.8, 4) is 0 Å². The van der Waals surface area contributed by atoms with E-state index in [4.69, 9.17) is 0 Å². The molecule has 1 saturated carbocycles. The van der Waals surface area contributed by atoms with Crippen LogP contribution in [0.15, 0.2) is 30.3 Å². The van der Waals surface area contributed by atoms with Gasteiger partial charge in [-0.05, 0) is 31.2 Å². The van der Waals surface area contributed by atoms with Crippen LogP contribution < -0.4 is 0 Å². The van der Waals surface area contributed by atoms with Crippen LogP contribution in [-0.4, -0.2) is 35.0 Å². The Hall–Kier alpha value is -1.84. The third-order valence-corrected chi connectivity index (χ3v) is 5.00. The Kier molecular flexibility index (Phi) is 3.70. The van der Waals surface area contributed by atoms with E-state index in [1.165, 1.54) is 0 Å². The Morgan fingerprint density at radius 2 is 1.86 bits per heavy atom. The van der Waals surface area contributed by atoms with Crippen molar-refractivity contribution < 1.29 is 14.7 Å². The Morgan fingerprint density at radius 3 is 2.43 bits per heavy atom. The minimum absolute atomic E-state index is 0.130. The van der Waals surface area contributed by atoms with Crippen LogP contribution >= 0.6 is 0 Å². The van der Waals surface area contributed by atoms with Crippen molar-refractivity contribution in [1.29, 1.82) is 0 Å². The first kappa shape index (κ1) is 14.1. The van der Waals surface area contributed by atoms with Gasteiger partial charge in [-0.1, -0.05) is 36.8 Å². The molecule has 1 heterocycles. The first-order chi connectivity index (χ1) is 10.1. The summed E-state index contributed by atoms with van der Waals surface area (Å²) < 4.78 is 0. The number of likely N-dealkylation sites (tertiary alicyclic amines) is 1. The summed E-state index contributed by atoms with van der Waals surface area (Å²) >= 11 is 0.